The Hall–Kier alpha value is -0.120. The molecule has 1 aliphatic heterocycles. The van der Waals surface area contributed by atoms with Gasteiger partial charge in [0.1, 0.15) is 0 Å². The summed E-state index contributed by atoms with van der Waals surface area (Å²) >= 11 is 0. The van der Waals surface area contributed by atoms with Gasteiger partial charge in [0.2, 0.25) is 0 Å². The first-order chi connectivity index (χ1) is 6.18. The highest BCUT2D eigenvalue weighted by Crippen LogP contribution is 2.49. The first-order valence-corrected chi connectivity index (χ1v) is 5.07. The first-order valence-electron chi connectivity index (χ1n) is 5.07. The topological polar surface area (TPSA) is 38.7 Å². The van der Waals surface area contributed by atoms with Crippen molar-refractivity contribution in [3.05, 3.63) is 0 Å². The van der Waals surface area contributed by atoms with Crippen LogP contribution in [-0.2, 0) is 9.47 Å². The third-order valence-corrected chi connectivity index (χ3v) is 3.33. The van der Waals surface area contributed by atoms with Crippen molar-refractivity contribution in [2.45, 2.75) is 38.4 Å². The SMILES string of the molecule is CC1(CCO)CCC2(C1)OCCO2. The number of ether oxygens (including phenoxy) is 2. The highest BCUT2D eigenvalue weighted by atomic mass is 16.7. The second-order valence-corrected chi connectivity index (χ2v) is 4.57. The second kappa shape index (κ2) is 3.23. The first kappa shape index (κ1) is 9.44. The van der Waals surface area contributed by atoms with Crippen molar-refractivity contribution in [3.8, 4) is 0 Å². The molecule has 3 nitrogen and oxygen atoms in total. The van der Waals surface area contributed by atoms with Gasteiger partial charge in [-0.3, -0.25) is 0 Å². The molecule has 0 bridgehead atoms. The number of aliphatic hydroxyl groups is 1. The normalized spacial score (nSPS) is 37.4. The molecule has 2 rings (SSSR count). The molecular formula is C10H18O3. The molecule has 0 amide bonds. The standard InChI is InChI=1S/C10H18O3/c1-9(4-5-11)2-3-10(8-9)12-6-7-13-10/h11H,2-8H2,1H3. The van der Waals surface area contributed by atoms with Crippen LogP contribution in [0.25, 0.3) is 0 Å². The summed E-state index contributed by atoms with van der Waals surface area (Å²) in [7, 11) is 0. The third kappa shape index (κ3) is 1.73. The lowest BCUT2D eigenvalue weighted by atomic mass is 9.85. The number of hydrogen-bond donors (Lipinski definition) is 1. The van der Waals surface area contributed by atoms with Gasteiger partial charge in [0.05, 0.1) is 13.2 Å². The minimum absolute atomic E-state index is 0.221. The number of rotatable bonds is 2. The van der Waals surface area contributed by atoms with Crippen molar-refractivity contribution in [2.24, 2.45) is 5.41 Å². The van der Waals surface area contributed by atoms with Gasteiger partial charge in [-0.1, -0.05) is 6.92 Å². The molecule has 0 aromatic rings. The molecule has 1 saturated carbocycles. The summed E-state index contributed by atoms with van der Waals surface area (Å²) in [6.07, 6.45) is 3.90. The van der Waals surface area contributed by atoms with Crippen LogP contribution in [0.15, 0.2) is 0 Å². The summed E-state index contributed by atoms with van der Waals surface area (Å²) in [5, 5.41) is 8.94. The summed E-state index contributed by atoms with van der Waals surface area (Å²) in [5.41, 5.74) is 0.221. The van der Waals surface area contributed by atoms with Crippen LogP contribution in [0.5, 0.6) is 0 Å². The summed E-state index contributed by atoms with van der Waals surface area (Å²) in [6, 6.07) is 0. The van der Waals surface area contributed by atoms with Crippen LogP contribution >= 0.6 is 0 Å². The van der Waals surface area contributed by atoms with Gasteiger partial charge >= 0.3 is 0 Å². The Morgan fingerprint density at radius 2 is 1.92 bits per heavy atom. The zero-order valence-corrected chi connectivity index (χ0v) is 8.21. The van der Waals surface area contributed by atoms with Crippen LogP contribution in [0.3, 0.4) is 0 Å². The van der Waals surface area contributed by atoms with Gasteiger partial charge in [-0.15, -0.1) is 0 Å². The monoisotopic (exact) mass is 186 g/mol. The fraction of sp³-hybridized carbons (Fsp3) is 1.00. The Bertz CT molecular complexity index is 187. The van der Waals surface area contributed by atoms with Gasteiger partial charge in [-0.25, -0.2) is 0 Å². The lowest BCUT2D eigenvalue weighted by Gasteiger charge is -2.26. The van der Waals surface area contributed by atoms with Gasteiger partial charge < -0.3 is 14.6 Å². The Morgan fingerprint density at radius 1 is 1.23 bits per heavy atom. The zero-order valence-electron chi connectivity index (χ0n) is 8.21. The Balaban J connectivity index is 1.99. The average Bonchev–Trinajstić information content (AvgIpc) is 2.63. The fourth-order valence-corrected chi connectivity index (χ4v) is 2.55. The van der Waals surface area contributed by atoms with Gasteiger partial charge in [-0.05, 0) is 18.3 Å². The number of aliphatic hydroxyl groups excluding tert-OH is 1. The molecule has 1 spiro atoms. The van der Waals surface area contributed by atoms with Crippen molar-refractivity contribution in [3.63, 3.8) is 0 Å². The van der Waals surface area contributed by atoms with Crippen molar-refractivity contribution in [1.82, 2.24) is 0 Å². The van der Waals surface area contributed by atoms with E-state index in [0.717, 1.165) is 38.9 Å². The second-order valence-electron chi connectivity index (χ2n) is 4.57. The zero-order chi connectivity index (χ0) is 9.36. The Kier molecular flexibility index (Phi) is 2.34. The van der Waals surface area contributed by atoms with E-state index >= 15 is 0 Å². The molecule has 0 aromatic carbocycles. The maximum Gasteiger partial charge on any atom is 0.169 e. The molecule has 3 heteroatoms. The molecule has 1 unspecified atom stereocenters. The van der Waals surface area contributed by atoms with Crippen LogP contribution < -0.4 is 0 Å². The van der Waals surface area contributed by atoms with E-state index in [1.165, 1.54) is 0 Å². The molecule has 2 fully saturated rings. The molecule has 1 saturated heterocycles. The minimum Gasteiger partial charge on any atom is -0.396 e. The van der Waals surface area contributed by atoms with E-state index in [-0.39, 0.29) is 17.8 Å². The van der Waals surface area contributed by atoms with Crippen molar-refractivity contribution < 1.29 is 14.6 Å². The van der Waals surface area contributed by atoms with E-state index < -0.39 is 0 Å². The predicted octanol–water partition coefficient (Wildman–Crippen LogP) is 1.30. The highest BCUT2D eigenvalue weighted by molar-refractivity contribution is 4.93. The van der Waals surface area contributed by atoms with Crippen molar-refractivity contribution >= 4 is 0 Å². The summed E-state index contributed by atoms with van der Waals surface area (Å²) in [5.74, 6) is -0.288. The molecule has 0 radical (unpaired) electrons. The van der Waals surface area contributed by atoms with Gasteiger partial charge in [0.25, 0.3) is 0 Å². The van der Waals surface area contributed by atoms with E-state index in [1.807, 2.05) is 0 Å². The minimum atomic E-state index is -0.288. The summed E-state index contributed by atoms with van der Waals surface area (Å²) < 4.78 is 11.3. The molecule has 0 aromatic heterocycles. The Labute approximate surface area is 79.0 Å². The van der Waals surface area contributed by atoms with Crippen LogP contribution in [0.4, 0.5) is 0 Å². The molecule has 1 N–H and O–H groups in total. The lowest BCUT2D eigenvalue weighted by molar-refractivity contribution is -0.156. The maximum absolute atomic E-state index is 8.94. The van der Waals surface area contributed by atoms with Crippen LogP contribution in [0.1, 0.15) is 32.6 Å². The van der Waals surface area contributed by atoms with Crippen molar-refractivity contribution in [1.29, 1.82) is 0 Å². The molecular weight excluding hydrogens is 168 g/mol. The van der Waals surface area contributed by atoms with E-state index in [9.17, 15) is 0 Å². The molecule has 76 valence electrons. The van der Waals surface area contributed by atoms with E-state index in [4.69, 9.17) is 14.6 Å². The third-order valence-electron chi connectivity index (χ3n) is 3.33. The van der Waals surface area contributed by atoms with Gasteiger partial charge in [-0.2, -0.15) is 0 Å². The fourth-order valence-electron chi connectivity index (χ4n) is 2.55. The lowest BCUT2D eigenvalue weighted by Crippen LogP contribution is -2.28. The molecule has 2 aliphatic rings. The van der Waals surface area contributed by atoms with Gasteiger partial charge in [0.15, 0.2) is 5.79 Å². The average molecular weight is 186 g/mol. The van der Waals surface area contributed by atoms with Crippen LogP contribution in [0.2, 0.25) is 0 Å². The predicted molar refractivity (Wildman–Crippen MR) is 48.3 cm³/mol. The maximum atomic E-state index is 8.94. The van der Waals surface area contributed by atoms with Crippen LogP contribution in [0, 0.1) is 5.41 Å². The number of hydrogen-bond acceptors (Lipinski definition) is 3. The van der Waals surface area contributed by atoms with E-state index in [2.05, 4.69) is 6.92 Å². The Morgan fingerprint density at radius 3 is 2.54 bits per heavy atom. The van der Waals surface area contributed by atoms with Gasteiger partial charge in [0, 0.05) is 19.4 Å². The quantitative estimate of drug-likeness (QED) is 0.706. The summed E-state index contributed by atoms with van der Waals surface area (Å²) in [4.78, 5) is 0. The molecule has 1 heterocycles. The van der Waals surface area contributed by atoms with E-state index in [0.29, 0.717) is 0 Å². The van der Waals surface area contributed by atoms with Crippen molar-refractivity contribution in [2.75, 3.05) is 19.8 Å². The molecule has 13 heavy (non-hydrogen) atoms. The smallest absolute Gasteiger partial charge is 0.169 e. The highest BCUT2D eigenvalue weighted by Gasteiger charge is 2.49. The molecule has 1 aliphatic carbocycles. The molecule has 1 atom stereocenters. The van der Waals surface area contributed by atoms with Crippen LogP contribution in [-0.4, -0.2) is 30.7 Å². The summed E-state index contributed by atoms with van der Waals surface area (Å²) in [6.45, 7) is 3.94. The van der Waals surface area contributed by atoms with E-state index in [1.54, 1.807) is 0 Å². The largest absolute Gasteiger partial charge is 0.396 e.